The predicted molar refractivity (Wildman–Crippen MR) is 79.1 cm³/mol. The maximum absolute atomic E-state index is 4.29. The SMILES string of the molecule is CC1CCNC(C(C)(C)C)CN1CCn1cccn1. The largest absolute Gasteiger partial charge is 0.312 e. The summed E-state index contributed by atoms with van der Waals surface area (Å²) in [5.74, 6) is 0. The third-order valence-corrected chi connectivity index (χ3v) is 4.21. The lowest BCUT2D eigenvalue weighted by molar-refractivity contribution is 0.158. The van der Waals surface area contributed by atoms with E-state index in [2.05, 4.69) is 43.0 Å². The van der Waals surface area contributed by atoms with Crippen molar-refractivity contribution in [3.63, 3.8) is 0 Å². The van der Waals surface area contributed by atoms with Gasteiger partial charge in [0.25, 0.3) is 0 Å². The average molecular weight is 264 g/mol. The minimum atomic E-state index is 0.314. The highest BCUT2D eigenvalue weighted by Crippen LogP contribution is 2.23. The van der Waals surface area contributed by atoms with Gasteiger partial charge in [0, 0.05) is 37.6 Å². The first-order chi connectivity index (χ1) is 8.97. The van der Waals surface area contributed by atoms with Crippen LogP contribution < -0.4 is 5.32 Å². The Morgan fingerprint density at radius 1 is 1.32 bits per heavy atom. The molecule has 0 aromatic carbocycles. The minimum absolute atomic E-state index is 0.314. The molecule has 1 aromatic heterocycles. The molecule has 2 rings (SSSR count). The molecular formula is C15H28N4. The lowest BCUT2D eigenvalue weighted by Gasteiger charge is -2.35. The number of nitrogens with one attached hydrogen (secondary N) is 1. The van der Waals surface area contributed by atoms with Crippen LogP contribution in [0.15, 0.2) is 18.5 Å². The molecule has 2 heterocycles. The summed E-state index contributed by atoms with van der Waals surface area (Å²) in [7, 11) is 0. The molecule has 0 aliphatic carbocycles. The Morgan fingerprint density at radius 2 is 2.11 bits per heavy atom. The van der Waals surface area contributed by atoms with Gasteiger partial charge in [0.15, 0.2) is 0 Å². The van der Waals surface area contributed by atoms with Crippen LogP contribution in [0, 0.1) is 5.41 Å². The first kappa shape index (κ1) is 14.5. The van der Waals surface area contributed by atoms with Crippen LogP contribution in [-0.4, -0.2) is 46.4 Å². The zero-order valence-electron chi connectivity index (χ0n) is 12.8. The van der Waals surface area contributed by atoms with Gasteiger partial charge in [-0.05, 0) is 31.4 Å². The molecule has 4 nitrogen and oxygen atoms in total. The van der Waals surface area contributed by atoms with Gasteiger partial charge in [-0.15, -0.1) is 0 Å². The van der Waals surface area contributed by atoms with Crippen LogP contribution in [-0.2, 0) is 6.54 Å². The van der Waals surface area contributed by atoms with Gasteiger partial charge >= 0.3 is 0 Å². The molecule has 19 heavy (non-hydrogen) atoms. The minimum Gasteiger partial charge on any atom is -0.312 e. The molecule has 0 spiro atoms. The van der Waals surface area contributed by atoms with Crippen molar-refractivity contribution in [1.82, 2.24) is 20.0 Å². The Bertz CT molecular complexity index is 366. The normalized spacial score (nSPS) is 26.3. The quantitative estimate of drug-likeness (QED) is 0.906. The van der Waals surface area contributed by atoms with Crippen molar-refractivity contribution in [3.8, 4) is 0 Å². The number of rotatable bonds is 3. The van der Waals surface area contributed by atoms with Gasteiger partial charge in [-0.25, -0.2) is 0 Å². The van der Waals surface area contributed by atoms with Gasteiger partial charge in [-0.2, -0.15) is 5.10 Å². The van der Waals surface area contributed by atoms with Crippen molar-refractivity contribution in [2.45, 2.75) is 52.7 Å². The molecular weight excluding hydrogens is 236 g/mol. The fraction of sp³-hybridized carbons (Fsp3) is 0.800. The van der Waals surface area contributed by atoms with Gasteiger partial charge in [0.2, 0.25) is 0 Å². The third kappa shape index (κ3) is 4.05. The van der Waals surface area contributed by atoms with E-state index in [4.69, 9.17) is 0 Å². The molecule has 108 valence electrons. The maximum atomic E-state index is 4.29. The molecule has 1 aliphatic rings. The topological polar surface area (TPSA) is 33.1 Å². The monoisotopic (exact) mass is 264 g/mol. The van der Waals surface area contributed by atoms with Crippen molar-refractivity contribution in [2.24, 2.45) is 5.41 Å². The van der Waals surface area contributed by atoms with E-state index in [0.29, 0.717) is 17.5 Å². The summed E-state index contributed by atoms with van der Waals surface area (Å²) >= 11 is 0. The van der Waals surface area contributed by atoms with E-state index in [-0.39, 0.29) is 0 Å². The zero-order chi connectivity index (χ0) is 13.9. The van der Waals surface area contributed by atoms with Crippen LogP contribution in [0.2, 0.25) is 0 Å². The highest BCUT2D eigenvalue weighted by molar-refractivity contribution is 4.88. The molecule has 0 saturated carbocycles. The molecule has 1 N–H and O–H groups in total. The number of hydrogen-bond acceptors (Lipinski definition) is 3. The van der Waals surface area contributed by atoms with Crippen LogP contribution in [0.25, 0.3) is 0 Å². The Morgan fingerprint density at radius 3 is 2.74 bits per heavy atom. The second-order valence-electron chi connectivity index (χ2n) is 6.77. The smallest absolute Gasteiger partial charge is 0.0536 e. The van der Waals surface area contributed by atoms with E-state index in [1.165, 1.54) is 6.42 Å². The van der Waals surface area contributed by atoms with Crippen molar-refractivity contribution < 1.29 is 0 Å². The Balaban J connectivity index is 1.95. The van der Waals surface area contributed by atoms with E-state index in [1.54, 1.807) is 0 Å². The van der Waals surface area contributed by atoms with Gasteiger partial charge in [-0.3, -0.25) is 9.58 Å². The van der Waals surface area contributed by atoms with Crippen molar-refractivity contribution in [2.75, 3.05) is 19.6 Å². The molecule has 2 atom stereocenters. The fourth-order valence-corrected chi connectivity index (χ4v) is 2.68. The standard InChI is InChI=1S/C15H28N4/c1-13-6-8-16-14(15(2,3)4)12-18(13)10-11-19-9-5-7-17-19/h5,7,9,13-14,16H,6,8,10-12H2,1-4H3. The van der Waals surface area contributed by atoms with Crippen LogP contribution >= 0.6 is 0 Å². The highest BCUT2D eigenvalue weighted by Gasteiger charge is 2.30. The Hall–Kier alpha value is -0.870. The summed E-state index contributed by atoms with van der Waals surface area (Å²) in [5, 5.41) is 8.00. The third-order valence-electron chi connectivity index (χ3n) is 4.21. The second-order valence-corrected chi connectivity index (χ2v) is 6.77. The van der Waals surface area contributed by atoms with E-state index < -0.39 is 0 Å². The van der Waals surface area contributed by atoms with Crippen molar-refractivity contribution in [1.29, 1.82) is 0 Å². The molecule has 4 heteroatoms. The van der Waals surface area contributed by atoms with Gasteiger partial charge in [-0.1, -0.05) is 20.8 Å². The lowest BCUT2D eigenvalue weighted by atomic mass is 9.86. The summed E-state index contributed by atoms with van der Waals surface area (Å²) < 4.78 is 2.02. The van der Waals surface area contributed by atoms with Crippen molar-refractivity contribution >= 4 is 0 Å². The summed E-state index contributed by atoms with van der Waals surface area (Å²) in [6.07, 6.45) is 5.12. The average Bonchev–Trinajstić information content (AvgIpc) is 2.76. The summed E-state index contributed by atoms with van der Waals surface area (Å²) in [4.78, 5) is 2.61. The maximum Gasteiger partial charge on any atom is 0.0536 e. The number of nitrogens with zero attached hydrogens (tertiary/aromatic N) is 3. The van der Waals surface area contributed by atoms with E-state index in [9.17, 15) is 0 Å². The van der Waals surface area contributed by atoms with E-state index in [0.717, 1.165) is 26.2 Å². The zero-order valence-corrected chi connectivity index (χ0v) is 12.8. The summed E-state index contributed by atoms with van der Waals surface area (Å²) in [5.41, 5.74) is 0.314. The summed E-state index contributed by atoms with van der Waals surface area (Å²) in [6.45, 7) is 13.6. The van der Waals surface area contributed by atoms with Gasteiger partial charge in [0.1, 0.15) is 0 Å². The molecule has 0 bridgehead atoms. The first-order valence-corrected chi connectivity index (χ1v) is 7.41. The number of hydrogen-bond donors (Lipinski definition) is 1. The predicted octanol–water partition coefficient (Wildman–Crippen LogP) is 1.98. The molecule has 0 radical (unpaired) electrons. The Labute approximate surface area is 117 Å². The molecule has 2 unspecified atom stereocenters. The van der Waals surface area contributed by atoms with Crippen LogP contribution in [0.1, 0.15) is 34.1 Å². The molecule has 1 saturated heterocycles. The summed E-state index contributed by atoms with van der Waals surface area (Å²) in [6, 6.07) is 3.20. The van der Waals surface area contributed by atoms with Gasteiger partial charge < -0.3 is 5.32 Å². The Kier molecular flexibility index (Phi) is 4.63. The second kappa shape index (κ2) is 6.06. The van der Waals surface area contributed by atoms with Crippen LogP contribution in [0.4, 0.5) is 0 Å². The molecule has 0 amide bonds. The molecule has 1 aromatic rings. The molecule has 1 fully saturated rings. The molecule has 1 aliphatic heterocycles. The van der Waals surface area contributed by atoms with E-state index >= 15 is 0 Å². The first-order valence-electron chi connectivity index (χ1n) is 7.41. The van der Waals surface area contributed by atoms with Gasteiger partial charge in [0.05, 0.1) is 6.54 Å². The highest BCUT2D eigenvalue weighted by atomic mass is 15.3. The van der Waals surface area contributed by atoms with Crippen LogP contribution in [0.3, 0.4) is 0 Å². The van der Waals surface area contributed by atoms with E-state index in [1.807, 2.05) is 23.1 Å². The van der Waals surface area contributed by atoms with Crippen molar-refractivity contribution in [3.05, 3.63) is 18.5 Å². The van der Waals surface area contributed by atoms with Crippen LogP contribution in [0.5, 0.6) is 0 Å². The number of aromatic nitrogens is 2. The fourth-order valence-electron chi connectivity index (χ4n) is 2.68. The lowest BCUT2D eigenvalue weighted by Crippen LogP contribution is -2.47.